The highest BCUT2D eigenvalue weighted by Crippen LogP contribution is 2.05. The monoisotopic (exact) mass is 346 g/mol. The second-order valence-electron chi connectivity index (χ2n) is 5.48. The van der Waals surface area contributed by atoms with Crippen molar-refractivity contribution in [2.24, 2.45) is 11.7 Å². The molecule has 0 saturated heterocycles. The third-order valence-electron chi connectivity index (χ3n) is 3.16. The number of halogens is 2. The van der Waals surface area contributed by atoms with E-state index in [0.717, 1.165) is 11.3 Å². The topological polar surface area (TPSA) is 72.4 Å². The van der Waals surface area contributed by atoms with Crippen LogP contribution in [-0.4, -0.2) is 27.9 Å². The van der Waals surface area contributed by atoms with Crippen LogP contribution in [0.3, 0.4) is 0 Å². The van der Waals surface area contributed by atoms with Gasteiger partial charge in [-0.15, -0.1) is 24.8 Å². The van der Waals surface area contributed by atoms with Gasteiger partial charge in [-0.25, -0.2) is 4.98 Å². The van der Waals surface area contributed by atoms with Crippen LogP contribution in [0.25, 0.3) is 5.65 Å². The Bertz CT molecular complexity index is 553. The molecule has 7 heteroatoms. The third kappa shape index (κ3) is 5.83. The van der Waals surface area contributed by atoms with Gasteiger partial charge < -0.3 is 15.5 Å². The first-order valence-corrected chi connectivity index (χ1v) is 7.02. The van der Waals surface area contributed by atoms with Gasteiger partial charge in [-0.3, -0.25) is 4.79 Å². The highest BCUT2D eigenvalue weighted by Gasteiger charge is 2.14. The molecular weight excluding hydrogens is 323 g/mol. The number of carbonyl (C=O) groups is 1. The molecule has 2 heterocycles. The lowest BCUT2D eigenvalue weighted by Gasteiger charge is -2.13. The number of hydrogen-bond acceptors (Lipinski definition) is 3. The van der Waals surface area contributed by atoms with E-state index in [2.05, 4.69) is 24.1 Å². The Morgan fingerprint density at radius 1 is 1.36 bits per heavy atom. The molecule has 0 unspecified atom stereocenters. The van der Waals surface area contributed by atoms with Crippen molar-refractivity contribution in [3.63, 3.8) is 0 Å². The molecule has 0 aliphatic heterocycles. The summed E-state index contributed by atoms with van der Waals surface area (Å²) in [5, 5.41) is 2.87. The second kappa shape index (κ2) is 9.66. The van der Waals surface area contributed by atoms with Gasteiger partial charge in [0.1, 0.15) is 5.65 Å². The van der Waals surface area contributed by atoms with Crippen molar-refractivity contribution in [1.82, 2.24) is 14.7 Å². The van der Waals surface area contributed by atoms with Crippen LogP contribution in [0.2, 0.25) is 0 Å². The molecule has 0 spiro atoms. The molecule has 3 N–H and O–H groups in total. The molecule has 0 bridgehead atoms. The molecule has 0 aliphatic rings. The second-order valence-corrected chi connectivity index (χ2v) is 5.48. The van der Waals surface area contributed by atoms with Crippen LogP contribution in [0.1, 0.15) is 26.0 Å². The van der Waals surface area contributed by atoms with Gasteiger partial charge in [0, 0.05) is 25.4 Å². The van der Waals surface area contributed by atoms with E-state index in [1.165, 1.54) is 0 Å². The van der Waals surface area contributed by atoms with Crippen molar-refractivity contribution in [2.75, 3.05) is 6.54 Å². The van der Waals surface area contributed by atoms with Crippen LogP contribution < -0.4 is 11.1 Å². The van der Waals surface area contributed by atoms with Crippen LogP contribution in [0.5, 0.6) is 0 Å². The van der Waals surface area contributed by atoms with Gasteiger partial charge in [0.05, 0.1) is 11.7 Å². The molecule has 2 rings (SSSR count). The number of carbonyl (C=O) groups excluding carboxylic acids is 1. The first-order valence-electron chi connectivity index (χ1n) is 7.02. The Morgan fingerprint density at radius 2 is 2.09 bits per heavy atom. The molecule has 2 aromatic heterocycles. The first kappa shape index (κ1) is 20.7. The highest BCUT2D eigenvalue weighted by atomic mass is 35.5. The average molecular weight is 347 g/mol. The predicted molar refractivity (Wildman–Crippen MR) is 93.8 cm³/mol. The normalized spacial score (nSPS) is 11.6. The fourth-order valence-electron chi connectivity index (χ4n) is 2.17. The fourth-order valence-corrected chi connectivity index (χ4v) is 2.17. The maximum Gasteiger partial charge on any atom is 0.236 e. The summed E-state index contributed by atoms with van der Waals surface area (Å²) in [5.74, 6) is 0.344. The zero-order chi connectivity index (χ0) is 14.5. The van der Waals surface area contributed by atoms with E-state index < -0.39 is 6.04 Å². The Kier molecular flexibility index (Phi) is 9.09. The van der Waals surface area contributed by atoms with E-state index in [0.29, 0.717) is 25.3 Å². The van der Waals surface area contributed by atoms with Crippen molar-refractivity contribution in [3.05, 3.63) is 36.3 Å². The van der Waals surface area contributed by atoms with Gasteiger partial charge in [-0.05, 0) is 24.5 Å². The van der Waals surface area contributed by atoms with Crippen LogP contribution >= 0.6 is 24.8 Å². The number of nitrogens with one attached hydrogen (secondary N) is 1. The van der Waals surface area contributed by atoms with Gasteiger partial charge in [-0.2, -0.15) is 0 Å². The van der Waals surface area contributed by atoms with Crippen LogP contribution in [-0.2, 0) is 11.2 Å². The summed E-state index contributed by atoms with van der Waals surface area (Å²) >= 11 is 0. The maximum absolute atomic E-state index is 11.8. The quantitative estimate of drug-likeness (QED) is 0.842. The molecular formula is C15H24Cl2N4O. The number of rotatable bonds is 6. The third-order valence-corrected chi connectivity index (χ3v) is 3.16. The maximum atomic E-state index is 11.8. The molecule has 124 valence electrons. The summed E-state index contributed by atoms with van der Waals surface area (Å²) in [5.41, 5.74) is 7.72. The first-order chi connectivity index (χ1) is 9.56. The van der Waals surface area contributed by atoms with E-state index in [1.54, 1.807) is 0 Å². The van der Waals surface area contributed by atoms with E-state index in [-0.39, 0.29) is 30.7 Å². The van der Waals surface area contributed by atoms with E-state index in [9.17, 15) is 4.79 Å². The molecule has 0 saturated carbocycles. The van der Waals surface area contributed by atoms with Gasteiger partial charge in [0.15, 0.2) is 0 Å². The molecule has 22 heavy (non-hydrogen) atoms. The molecule has 1 amide bonds. The molecule has 0 radical (unpaired) electrons. The SMILES string of the molecule is CC(C)C[C@H](N)C(=O)NCCc1cn2ccccc2n1.Cl.Cl. The Hall–Kier alpha value is -1.30. The highest BCUT2D eigenvalue weighted by molar-refractivity contribution is 5.85. The standard InChI is InChI=1S/C15H22N4O.2ClH/c1-11(2)9-13(16)15(20)17-7-6-12-10-19-8-4-3-5-14(19)18-12;;/h3-5,8,10-11,13H,6-7,9,16H2,1-2H3,(H,17,20);2*1H/t13-;;/m0../s1. The van der Waals surface area contributed by atoms with E-state index in [4.69, 9.17) is 5.73 Å². The average Bonchev–Trinajstić information content (AvgIpc) is 2.80. The van der Waals surface area contributed by atoms with Gasteiger partial charge >= 0.3 is 0 Å². The molecule has 1 atom stereocenters. The zero-order valence-electron chi connectivity index (χ0n) is 12.9. The number of pyridine rings is 1. The van der Waals surface area contributed by atoms with Gasteiger partial charge in [0.2, 0.25) is 5.91 Å². The number of amides is 1. The van der Waals surface area contributed by atoms with Crippen molar-refractivity contribution in [1.29, 1.82) is 0 Å². The summed E-state index contributed by atoms with van der Waals surface area (Å²) in [7, 11) is 0. The minimum Gasteiger partial charge on any atom is -0.354 e. The number of aromatic nitrogens is 2. The lowest BCUT2D eigenvalue weighted by Crippen LogP contribution is -2.42. The van der Waals surface area contributed by atoms with Crippen molar-refractivity contribution in [3.8, 4) is 0 Å². The minimum absolute atomic E-state index is 0. The molecule has 0 fully saturated rings. The smallest absolute Gasteiger partial charge is 0.236 e. The Morgan fingerprint density at radius 3 is 2.73 bits per heavy atom. The lowest BCUT2D eigenvalue weighted by atomic mass is 10.0. The predicted octanol–water partition coefficient (Wildman–Crippen LogP) is 2.21. The molecule has 0 aromatic carbocycles. The number of nitrogens with zero attached hydrogens (tertiary/aromatic N) is 2. The van der Waals surface area contributed by atoms with Crippen LogP contribution in [0, 0.1) is 5.92 Å². The molecule has 5 nitrogen and oxygen atoms in total. The van der Waals surface area contributed by atoms with Gasteiger partial charge in [0.25, 0.3) is 0 Å². The summed E-state index contributed by atoms with van der Waals surface area (Å²) in [6.45, 7) is 4.68. The van der Waals surface area contributed by atoms with E-state index >= 15 is 0 Å². The molecule has 2 aromatic rings. The van der Waals surface area contributed by atoms with Crippen molar-refractivity contribution in [2.45, 2.75) is 32.7 Å². The number of imidazole rings is 1. The summed E-state index contributed by atoms with van der Waals surface area (Å²) in [6, 6.07) is 5.46. The summed E-state index contributed by atoms with van der Waals surface area (Å²) in [4.78, 5) is 16.3. The minimum atomic E-state index is -0.420. The lowest BCUT2D eigenvalue weighted by molar-refractivity contribution is -0.122. The Labute approximate surface area is 143 Å². The summed E-state index contributed by atoms with van der Waals surface area (Å²) in [6.07, 6.45) is 5.36. The fraction of sp³-hybridized carbons (Fsp3) is 0.467. The zero-order valence-corrected chi connectivity index (χ0v) is 14.5. The van der Waals surface area contributed by atoms with Crippen molar-refractivity contribution >= 4 is 36.4 Å². The van der Waals surface area contributed by atoms with Crippen molar-refractivity contribution < 1.29 is 4.79 Å². The number of hydrogen-bond donors (Lipinski definition) is 2. The van der Waals surface area contributed by atoms with Crippen LogP contribution in [0.4, 0.5) is 0 Å². The number of fused-ring (bicyclic) bond motifs is 1. The van der Waals surface area contributed by atoms with Gasteiger partial charge in [-0.1, -0.05) is 19.9 Å². The van der Waals surface area contributed by atoms with E-state index in [1.807, 2.05) is 35.0 Å². The largest absolute Gasteiger partial charge is 0.354 e. The molecule has 0 aliphatic carbocycles. The number of nitrogens with two attached hydrogens (primary N) is 1. The Balaban J connectivity index is 0.00000220. The summed E-state index contributed by atoms with van der Waals surface area (Å²) < 4.78 is 1.97. The van der Waals surface area contributed by atoms with Crippen LogP contribution in [0.15, 0.2) is 30.6 Å².